The van der Waals surface area contributed by atoms with Gasteiger partial charge in [-0.15, -0.1) is 0 Å². The predicted octanol–water partition coefficient (Wildman–Crippen LogP) is 12.9. The summed E-state index contributed by atoms with van der Waals surface area (Å²) in [6, 6.07) is 14.5. The lowest BCUT2D eigenvalue weighted by molar-refractivity contribution is 0.440. The zero-order valence-electron chi connectivity index (χ0n) is 35.5. The van der Waals surface area contributed by atoms with Crippen LogP contribution >= 0.6 is 0 Å². The molecule has 0 atom stereocenters. The van der Waals surface area contributed by atoms with Crippen LogP contribution in [0.25, 0.3) is 22.3 Å². The normalized spacial score (nSPS) is 12.6. The molecule has 360 valence electrons. The lowest BCUT2D eigenvalue weighted by Gasteiger charge is -2.22. The fraction of sp³-hybridized carbons (Fsp3) is 0. The molecule has 0 amide bonds. The number of rotatable bonds is 6. The predicted molar refractivity (Wildman–Crippen MR) is 221 cm³/mol. The number of benzene rings is 6. The first kappa shape index (κ1) is 50.2. The molecular formula is C52H10F16N6. The maximum Gasteiger partial charge on any atom is 0.180 e. The highest BCUT2D eigenvalue weighted by atomic mass is 19.2. The molecule has 0 bridgehead atoms. The van der Waals surface area contributed by atoms with Gasteiger partial charge in [-0.25, -0.2) is 70.2 Å². The third kappa shape index (κ3) is 7.08. The topological polar surface area (TPSA) is 143 Å². The van der Waals surface area contributed by atoms with Gasteiger partial charge in [0.05, 0.1) is 45.5 Å². The molecule has 0 fully saturated rings. The van der Waals surface area contributed by atoms with E-state index in [1.165, 1.54) is 0 Å². The first-order valence-electron chi connectivity index (χ1n) is 19.9. The van der Waals surface area contributed by atoms with Crippen LogP contribution in [0.4, 0.5) is 70.2 Å². The SMILES string of the molecule is N#Cc1ccccc1C1=CC2=C(C=C(c3ccccc3C#N)C2=C(c2c(F)c(F)c(C#N)c(F)c2F)c2c(F)c(F)c(C#N)c(F)c2F)C1=C(c1c(F)c(F)c(C#N)c(F)c1F)c1c(F)c(F)c(C#N)c(F)c1F. The maximum atomic E-state index is 16.7. The first-order valence-corrected chi connectivity index (χ1v) is 19.9. The molecule has 22 heteroatoms. The Balaban J connectivity index is 1.79. The molecular weight excluding hydrogens is 1010 g/mol. The number of hydrogen-bond acceptors (Lipinski definition) is 6. The minimum atomic E-state index is -2.78. The molecule has 0 unspecified atom stereocenters. The smallest absolute Gasteiger partial charge is 0.180 e. The van der Waals surface area contributed by atoms with E-state index in [0.717, 1.165) is 72.8 Å². The van der Waals surface area contributed by atoms with Crippen molar-refractivity contribution in [2.24, 2.45) is 0 Å². The minimum Gasteiger partial charge on any atom is -0.203 e. The van der Waals surface area contributed by atoms with Crippen molar-refractivity contribution in [3.63, 3.8) is 0 Å². The van der Waals surface area contributed by atoms with E-state index in [9.17, 15) is 31.6 Å². The highest BCUT2D eigenvalue weighted by Gasteiger charge is 2.44. The third-order valence-electron chi connectivity index (χ3n) is 11.6. The van der Waals surface area contributed by atoms with Crippen molar-refractivity contribution in [3.8, 4) is 36.4 Å². The lowest BCUT2D eigenvalue weighted by atomic mass is 9.81. The van der Waals surface area contributed by atoms with Crippen LogP contribution in [-0.4, -0.2) is 0 Å². The molecule has 0 saturated carbocycles. The van der Waals surface area contributed by atoms with Gasteiger partial charge in [0.2, 0.25) is 0 Å². The number of nitriles is 6. The Hall–Kier alpha value is -10.2. The highest BCUT2D eigenvalue weighted by molar-refractivity contribution is 6.13. The van der Waals surface area contributed by atoms with Gasteiger partial charge >= 0.3 is 0 Å². The van der Waals surface area contributed by atoms with Crippen molar-refractivity contribution in [1.29, 1.82) is 31.6 Å². The van der Waals surface area contributed by atoms with Crippen molar-refractivity contribution in [3.05, 3.63) is 243 Å². The Morgan fingerprint density at radius 2 is 0.500 bits per heavy atom. The van der Waals surface area contributed by atoms with Gasteiger partial charge in [0, 0.05) is 22.3 Å². The number of allylic oxidation sites excluding steroid dienone is 8. The fourth-order valence-electron chi connectivity index (χ4n) is 8.43. The van der Waals surface area contributed by atoms with E-state index in [1.54, 1.807) is 12.1 Å². The summed E-state index contributed by atoms with van der Waals surface area (Å²) >= 11 is 0. The average molecular weight is 1020 g/mol. The molecule has 0 N–H and O–H groups in total. The standard InChI is InChI=1S/C52H10F16N6/c53-37-25(13-71)38(54)46(62)33(45(37)61)31(34-47(63)39(55)26(14-72)40(56)48(34)64)29-21(19-7-3-1-5-17(19)11-69)9-23-24(29)10-22(20-8-4-2-6-18(20)12-70)30(23)32(35-49(65)41(57)27(15-73)42(58)50(35)66)36-51(67)43(59)28(16-74)44(60)52(36)68/h1-10H. The van der Waals surface area contributed by atoms with E-state index in [4.69, 9.17) is 0 Å². The fourth-order valence-corrected chi connectivity index (χ4v) is 8.43. The molecule has 8 rings (SSSR count). The molecule has 6 nitrogen and oxygen atoms in total. The van der Waals surface area contributed by atoms with E-state index in [1.807, 2.05) is 0 Å². The quantitative estimate of drug-likeness (QED) is 0.120. The summed E-state index contributed by atoms with van der Waals surface area (Å²) in [6.45, 7) is 0. The lowest BCUT2D eigenvalue weighted by Crippen LogP contribution is -2.14. The molecule has 6 aromatic rings. The van der Waals surface area contributed by atoms with Gasteiger partial charge in [0.15, 0.2) is 93.1 Å². The second-order valence-corrected chi connectivity index (χ2v) is 15.2. The second-order valence-electron chi connectivity index (χ2n) is 15.2. The zero-order valence-corrected chi connectivity index (χ0v) is 35.5. The Bertz CT molecular complexity index is 3560. The Kier molecular flexibility index (Phi) is 12.6. The van der Waals surface area contributed by atoms with Gasteiger partial charge in [-0.05, 0) is 57.7 Å². The Morgan fingerprint density at radius 3 is 0.703 bits per heavy atom. The van der Waals surface area contributed by atoms with E-state index < -0.39 is 204 Å². The molecule has 0 spiro atoms. The van der Waals surface area contributed by atoms with Crippen LogP contribution in [0.1, 0.15) is 66.8 Å². The Morgan fingerprint density at radius 1 is 0.284 bits per heavy atom. The number of halogens is 16. The first-order chi connectivity index (χ1) is 35.2. The Labute approximate surface area is 402 Å². The van der Waals surface area contributed by atoms with Crippen molar-refractivity contribution >= 4 is 22.3 Å². The van der Waals surface area contributed by atoms with Crippen LogP contribution < -0.4 is 0 Å². The zero-order chi connectivity index (χ0) is 54.1. The number of nitrogens with zero attached hydrogens (tertiary/aromatic N) is 6. The molecule has 0 radical (unpaired) electrons. The van der Waals surface area contributed by atoms with Gasteiger partial charge in [0.25, 0.3) is 0 Å². The summed E-state index contributed by atoms with van der Waals surface area (Å²) in [5, 5.41) is 58.2. The van der Waals surface area contributed by atoms with Crippen molar-refractivity contribution < 1.29 is 70.2 Å². The second kappa shape index (κ2) is 18.5. The van der Waals surface area contributed by atoms with Crippen LogP contribution in [0.5, 0.6) is 0 Å². The third-order valence-corrected chi connectivity index (χ3v) is 11.6. The maximum absolute atomic E-state index is 16.7. The largest absolute Gasteiger partial charge is 0.203 e. The summed E-state index contributed by atoms with van der Waals surface area (Å²) in [5.41, 5.74) is -31.4. The van der Waals surface area contributed by atoms with E-state index in [2.05, 4.69) is 0 Å². The van der Waals surface area contributed by atoms with Crippen LogP contribution in [0.2, 0.25) is 0 Å². The summed E-state index contributed by atoms with van der Waals surface area (Å²) in [6.07, 6.45) is 1.01. The summed E-state index contributed by atoms with van der Waals surface area (Å²) in [4.78, 5) is 0. The van der Waals surface area contributed by atoms with Gasteiger partial charge in [-0.2, -0.15) is 31.6 Å². The van der Waals surface area contributed by atoms with Gasteiger partial charge < -0.3 is 0 Å². The summed E-state index contributed by atoms with van der Waals surface area (Å²) in [5.74, 6) is -43.4. The van der Waals surface area contributed by atoms with E-state index in [0.29, 0.717) is 12.2 Å². The van der Waals surface area contributed by atoms with Gasteiger partial charge in [0.1, 0.15) is 46.5 Å². The van der Waals surface area contributed by atoms with Crippen molar-refractivity contribution in [2.75, 3.05) is 0 Å². The number of hydrogen-bond donors (Lipinski definition) is 0. The van der Waals surface area contributed by atoms with Gasteiger partial charge in [-0.3, -0.25) is 0 Å². The van der Waals surface area contributed by atoms with Crippen LogP contribution in [0.3, 0.4) is 0 Å². The van der Waals surface area contributed by atoms with Gasteiger partial charge in [-0.1, -0.05) is 36.4 Å². The molecule has 0 saturated heterocycles. The van der Waals surface area contributed by atoms with E-state index >= 15 is 70.2 Å². The van der Waals surface area contributed by atoms with Crippen LogP contribution in [0, 0.1) is 161 Å². The molecule has 2 aliphatic carbocycles. The monoisotopic (exact) mass is 1020 g/mol. The molecule has 0 heterocycles. The summed E-state index contributed by atoms with van der Waals surface area (Å²) in [7, 11) is 0. The minimum absolute atomic E-state index is 0.505. The van der Waals surface area contributed by atoms with Crippen molar-refractivity contribution in [2.45, 2.75) is 0 Å². The molecule has 0 aromatic heterocycles. The molecule has 6 aromatic carbocycles. The highest BCUT2D eigenvalue weighted by Crippen LogP contribution is 2.57. The van der Waals surface area contributed by atoms with Crippen LogP contribution in [0.15, 0.2) is 83.0 Å². The van der Waals surface area contributed by atoms with Crippen LogP contribution in [-0.2, 0) is 0 Å². The molecule has 2 aliphatic rings. The average Bonchev–Trinajstić information content (AvgIpc) is 3.94. The summed E-state index contributed by atoms with van der Waals surface area (Å²) < 4.78 is 260. The molecule has 74 heavy (non-hydrogen) atoms. The van der Waals surface area contributed by atoms with E-state index in [-0.39, 0.29) is 0 Å². The molecule has 0 aliphatic heterocycles. The van der Waals surface area contributed by atoms with Crippen molar-refractivity contribution in [1.82, 2.24) is 0 Å².